The Labute approximate surface area is 215 Å². The molecule has 1 unspecified atom stereocenters. The summed E-state index contributed by atoms with van der Waals surface area (Å²) in [6.07, 6.45) is 3.82. The summed E-state index contributed by atoms with van der Waals surface area (Å²) < 4.78 is 0. The van der Waals surface area contributed by atoms with Gasteiger partial charge in [0.2, 0.25) is 0 Å². The number of ketones is 1. The maximum absolute atomic E-state index is 13.2. The summed E-state index contributed by atoms with van der Waals surface area (Å²) in [6, 6.07) is 19.1. The third-order valence-electron chi connectivity index (χ3n) is 6.24. The van der Waals surface area contributed by atoms with Crippen LogP contribution in [0.5, 0.6) is 0 Å². The minimum Gasteiger partial charge on any atom is -0.478 e. The first-order valence-electron chi connectivity index (χ1n) is 11.9. The van der Waals surface area contributed by atoms with E-state index in [0.717, 1.165) is 5.56 Å². The molecule has 3 aromatic carbocycles. The smallest absolute Gasteiger partial charge is 0.337 e. The van der Waals surface area contributed by atoms with Gasteiger partial charge in [0.05, 0.1) is 17.1 Å². The second kappa shape index (κ2) is 11.5. The van der Waals surface area contributed by atoms with Crippen LogP contribution in [0, 0.1) is 0 Å². The molecule has 4 aromatic rings. The van der Waals surface area contributed by atoms with Crippen molar-refractivity contribution in [1.82, 2.24) is 14.9 Å². The molecule has 4 rings (SSSR count). The second-order valence-corrected chi connectivity index (χ2v) is 8.77. The number of carbonyl (C=O) groups is 2. The number of fused-ring (bicyclic) bond motifs is 1. The van der Waals surface area contributed by atoms with Crippen molar-refractivity contribution < 1.29 is 14.7 Å². The molecule has 0 spiro atoms. The average molecular weight is 496 g/mol. The van der Waals surface area contributed by atoms with E-state index >= 15 is 0 Å². The molecule has 37 heavy (non-hydrogen) atoms. The fourth-order valence-electron chi connectivity index (χ4n) is 4.34. The summed E-state index contributed by atoms with van der Waals surface area (Å²) in [5.41, 5.74) is 9.20. The van der Waals surface area contributed by atoms with Gasteiger partial charge in [-0.2, -0.15) is 0 Å². The first-order chi connectivity index (χ1) is 17.9. The zero-order valence-corrected chi connectivity index (χ0v) is 20.6. The Morgan fingerprint density at radius 3 is 2.51 bits per heavy atom. The normalized spacial score (nSPS) is 11.8. The lowest BCUT2D eigenvalue weighted by atomic mass is 9.94. The van der Waals surface area contributed by atoms with E-state index < -0.39 is 5.97 Å². The van der Waals surface area contributed by atoms with Crippen LogP contribution < -0.4 is 11.1 Å². The Morgan fingerprint density at radius 2 is 1.78 bits per heavy atom. The van der Waals surface area contributed by atoms with E-state index in [1.54, 1.807) is 30.3 Å². The lowest BCUT2D eigenvalue weighted by molar-refractivity contribution is 0.0698. The fourth-order valence-corrected chi connectivity index (χ4v) is 4.34. The maximum atomic E-state index is 13.2. The van der Waals surface area contributed by atoms with Crippen molar-refractivity contribution in [2.45, 2.75) is 12.5 Å². The molecular formula is C29H29N5O3. The minimum absolute atomic E-state index is 0.0974. The van der Waals surface area contributed by atoms with E-state index in [4.69, 9.17) is 5.73 Å². The highest BCUT2D eigenvalue weighted by molar-refractivity contribution is 6.12. The summed E-state index contributed by atoms with van der Waals surface area (Å²) in [5.74, 6) is -0.723. The molecule has 1 aromatic heterocycles. The van der Waals surface area contributed by atoms with Gasteiger partial charge in [0.15, 0.2) is 5.78 Å². The molecular weight excluding hydrogens is 466 g/mol. The zero-order chi connectivity index (χ0) is 26.4. The number of anilines is 2. The molecule has 0 radical (unpaired) electrons. The van der Waals surface area contributed by atoms with Gasteiger partial charge in [0.25, 0.3) is 0 Å². The van der Waals surface area contributed by atoms with Gasteiger partial charge in [-0.15, -0.1) is 6.58 Å². The summed E-state index contributed by atoms with van der Waals surface area (Å²) in [6.45, 7) is 5.23. The molecule has 1 heterocycles. The highest BCUT2D eigenvalue weighted by Crippen LogP contribution is 2.32. The summed E-state index contributed by atoms with van der Waals surface area (Å²) >= 11 is 0. The number of aromatic carboxylic acids is 1. The van der Waals surface area contributed by atoms with Crippen LogP contribution in [-0.4, -0.2) is 51.9 Å². The van der Waals surface area contributed by atoms with Crippen LogP contribution in [0.25, 0.3) is 10.9 Å². The summed E-state index contributed by atoms with van der Waals surface area (Å²) in [5, 5.41) is 13.6. The number of rotatable bonds is 11. The second-order valence-electron chi connectivity index (χ2n) is 8.77. The van der Waals surface area contributed by atoms with Crippen LogP contribution in [0.1, 0.15) is 44.3 Å². The SMILES string of the molecule is C=CCN(C)CCC(Nc1ncnc2c(C(=O)O)cccc12)c1cccc(C(=O)c2ccccc2)c1N. The number of nitrogens with two attached hydrogens (primary N) is 1. The number of benzene rings is 3. The number of aromatic nitrogens is 2. The zero-order valence-electron chi connectivity index (χ0n) is 20.6. The first kappa shape index (κ1) is 25.5. The Hall–Kier alpha value is -4.56. The number of carbonyl (C=O) groups excluding carboxylic acids is 1. The number of carboxylic acids is 1. The van der Waals surface area contributed by atoms with Gasteiger partial charge in [-0.3, -0.25) is 4.79 Å². The molecule has 4 N–H and O–H groups in total. The Morgan fingerprint density at radius 1 is 1.05 bits per heavy atom. The topological polar surface area (TPSA) is 121 Å². The molecule has 0 aliphatic heterocycles. The standard InChI is InChI=1S/C29H29N5O3/c1-3-16-34(2)17-15-24(33-28-22-13-8-14-23(29(36)37)26(22)31-18-32-28)20-11-7-12-21(25(20)30)27(35)19-9-5-4-6-10-19/h3-14,18,24H,1,15-17,30H2,2H3,(H,36,37)(H,31,32,33). The van der Waals surface area contributed by atoms with Crippen LogP contribution in [0.4, 0.5) is 11.5 Å². The Kier molecular flexibility index (Phi) is 7.90. The molecule has 0 bridgehead atoms. The quantitative estimate of drug-likeness (QED) is 0.154. The molecule has 188 valence electrons. The van der Waals surface area contributed by atoms with Gasteiger partial charge in [-0.1, -0.05) is 54.6 Å². The number of nitrogen functional groups attached to an aromatic ring is 1. The number of hydrogen-bond acceptors (Lipinski definition) is 7. The molecule has 0 aliphatic rings. The van der Waals surface area contributed by atoms with Crippen LogP contribution >= 0.6 is 0 Å². The van der Waals surface area contributed by atoms with Crippen molar-refractivity contribution in [3.63, 3.8) is 0 Å². The lowest BCUT2D eigenvalue weighted by Gasteiger charge is -2.25. The van der Waals surface area contributed by atoms with Gasteiger partial charge in [0.1, 0.15) is 12.1 Å². The van der Waals surface area contributed by atoms with E-state index in [9.17, 15) is 14.7 Å². The van der Waals surface area contributed by atoms with Gasteiger partial charge < -0.3 is 21.1 Å². The molecule has 8 heteroatoms. The average Bonchev–Trinajstić information content (AvgIpc) is 2.91. The van der Waals surface area contributed by atoms with Crippen LogP contribution in [-0.2, 0) is 0 Å². The number of nitrogens with one attached hydrogen (secondary N) is 1. The predicted octanol–water partition coefficient (Wildman–Crippen LogP) is 4.80. The predicted molar refractivity (Wildman–Crippen MR) is 146 cm³/mol. The molecule has 0 amide bonds. The molecule has 0 saturated heterocycles. The molecule has 0 fully saturated rings. The molecule has 1 atom stereocenters. The fraction of sp³-hybridized carbons (Fsp3) is 0.172. The Balaban J connectivity index is 1.75. The number of carboxylic acid groups (broad SMARTS) is 1. The third kappa shape index (κ3) is 5.65. The van der Waals surface area contributed by atoms with Gasteiger partial charge in [-0.05, 0) is 37.2 Å². The number of para-hydroxylation sites is 2. The highest BCUT2D eigenvalue weighted by atomic mass is 16.4. The maximum Gasteiger partial charge on any atom is 0.337 e. The number of hydrogen-bond donors (Lipinski definition) is 3. The molecule has 0 saturated carbocycles. The highest BCUT2D eigenvalue weighted by Gasteiger charge is 2.22. The number of likely N-dealkylation sites (N-methyl/N-ethyl adjacent to an activating group) is 1. The van der Waals surface area contributed by atoms with Crippen molar-refractivity contribution in [3.8, 4) is 0 Å². The van der Waals surface area contributed by atoms with Crippen molar-refractivity contribution in [2.24, 2.45) is 0 Å². The van der Waals surface area contributed by atoms with Crippen LogP contribution in [0.2, 0.25) is 0 Å². The van der Waals surface area contributed by atoms with Crippen LogP contribution in [0.15, 0.2) is 85.7 Å². The van der Waals surface area contributed by atoms with E-state index in [1.807, 2.05) is 43.5 Å². The van der Waals surface area contributed by atoms with Gasteiger partial charge >= 0.3 is 5.97 Å². The summed E-state index contributed by atoms with van der Waals surface area (Å²) in [7, 11) is 2.00. The van der Waals surface area contributed by atoms with E-state index in [0.29, 0.717) is 53.0 Å². The van der Waals surface area contributed by atoms with Crippen molar-refractivity contribution in [1.29, 1.82) is 0 Å². The lowest BCUT2D eigenvalue weighted by Crippen LogP contribution is -2.24. The van der Waals surface area contributed by atoms with Gasteiger partial charge in [-0.25, -0.2) is 14.8 Å². The van der Waals surface area contributed by atoms with E-state index in [1.165, 1.54) is 12.4 Å². The minimum atomic E-state index is -1.06. The van der Waals surface area contributed by atoms with E-state index in [-0.39, 0.29) is 17.4 Å². The largest absolute Gasteiger partial charge is 0.478 e. The van der Waals surface area contributed by atoms with Gasteiger partial charge in [0, 0.05) is 35.3 Å². The monoisotopic (exact) mass is 495 g/mol. The molecule has 0 aliphatic carbocycles. The third-order valence-corrected chi connectivity index (χ3v) is 6.24. The summed E-state index contributed by atoms with van der Waals surface area (Å²) in [4.78, 5) is 35.7. The van der Waals surface area contributed by atoms with Crippen LogP contribution in [0.3, 0.4) is 0 Å². The van der Waals surface area contributed by atoms with E-state index in [2.05, 4.69) is 26.8 Å². The Bertz CT molecular complexity index is 1440. The first-order valence-corrected chi connectivity index (χ1v) is 11.9. The van der Waals surface area contributed by atoms with Crippen molar-refractivity contribution in [3.05, 3.63) is 108 Å². The molecule has 8 nitrogen and oxygen atoms in total. The van der Waals surface area contributed by atoms with Crippen molar-refractivity contribution in [2.75, 3.05) is 31.2 Å². The number of nitrogens with zero attached hydrogens (tertiary/aromatic N) is 3. The van der Waals surface area contributed by atoms with Crippen molar-refractivity contribution >= 4 is 34.2 Å².